The van der Waals surface area contributed by atoms with E-state index in [1.807, 2.05) is 18.2 Å². The highest BCUT2D eigenvalue weighted by molar-refractivity contribution is 5.99. The molecule has 5 nitrogen and oxygen atoms in total. The fraction of sp³-hybridized carbons (Fsp3) is 0.368. The fourth-order valence-electron chi connectivity index (χ4n) is 3.45. The summed E-state index contributed by atoms with van der Waals surface area (Å²) in [5, 5.41) is 3.04. The number of nitrogens with one attached hydrogen (secondary N) is 1. The van der Waals surface area contributed by atoms with Crippen LogP contribution < -0.4 is 14.8 Å². The van der Waals surface area contributed by atoms with Crippen molar-refractivity contribution >= 4 is 11.6 Å². The Morgan fingerprint density at radius 1 is 1.04 bits per heavy atom. The number of amides is 1. The van der Waals surface area contributed by atoms with E-state index in [-0.39, 0.29) is 5.91 Å². The summed E-state index contributed by atoms with van der Waals surface area (Å²) in [4.78, 5) is 17.1. The molecule has 0 atom stereocenters. The topological polar surface area (TPSA) is 60.5 Å². The number of carbonyl (C=O) groups is 1. The molecule has 1 aromatic heterocycles. The maximum absolute atomic E-state index is 13.1. The normalized spacial score (nSPS) is 15.8. The molecule has 3 rings (SSSR count). The molecule has 0 radical (unpaired) electrons. The quantitative estimate of drug-likeness (QED) is 0.913. The zero-order valence-corrected chi connectivity index (χ0v) is 14.0. The first-order chi connectivity index (χ1) is 11.7. The van der Waals surface area contributed by atoms with E-state index in [1.54, 1.807) is 38.7 Å². The Morgan fingerprint density at radius 3 is 2.33 bits per heavy atom. The van der Waals surface area contributed by atoms with Crippen molar-refractivity contribution in [2.24, 2.45) is 0 Å². The number of aromatic nitrogens is 1. The van der Waals surface area contributed by atoms with Crippen molar-refractivity contribution in [3.63, 3.8) is 0 Å². The average Bonchev–Trinajstić information content (AvgIpc) is 3.13. The van der Waals surface area contributed by atoms with Crippen LogP contribution in [0.25, 0.3) is 0 Å². The standard InChI is InChI=1S/C19H22N2O3/c1-23-16-6-5-14(13-17(16)24-2)19(9-3-4-10-19)18(22)21-15-7-11-20-12-8-15/h5-8,11-13H,3-4,9-10H2,1-2H3,(H,20,21,22). The minimum Gasteiger partial charge on any atom is -0.493 e. The second-order valence-corrected chi connectivity index (χ2v) is 6.05. The molecule has 1 aliphatic rings. The van der Waals surface area contributed by atoms with Crippen molar-refractivity contribution in [3.8, 4) is 11.5 Å². The zero-order valence-electron chi connectivity index (χ0n) is 14.0. The smallest absolute Gasteiger partial charge is 0.235 e. The molecule has 2 aromatic rings. The van der Waals surface area contributed by atoms with Gasteiger partial charge in [-0.05, 0) is 42.7 Å². The molecule has 0 aliphatic heterocycles. The molecule has 24 heavy (non-hydrogen) atoms. The highest BCUT2D eigenvalue weighted by Crippen LogP contribution is 2.44. The van der Waals surface area contributed by atoms with Gasteiger partial charge in [0, 0.05) is 18.1 Å². The molecule has 1 saturated carbocycles. The van der Waals surface area contributed by atoms with Gasteiger partial charge in [-0.3, -0.25) is 9.78 Å². The van der Waals surface area contributed by atoms with Gasteiger partial charge in [-0.1, -0.05) is 18.9 Å². The van der Waals surface area contributed by atoms with E-state index in [0.29, 0.717) is 11.5 Å². The van der Waals surface area contributed by atoms with E-state index in [1.165, 1.54) is 0 Å². The largest absolute Gasteiger partial charge is 0.493 e. The van der Waals surface area contributed by atoms with Gasteiger partial charge < -0.3 is 14.8 Å². The number of hydrogen-bond acceptors (Lipinski definition) is 4. The van der Waals surface area contributed by atoms with Crippen LogP contribution in [0, 0.1) is 0 Å². The van der Waals surface area contributed by atoms with Gasteiger partial charge in [0.15, 0.2) is 11.5 Å². The van der Waals surface area contributed by atoms with Gasteiger partial charge in [-0.25, -0.2) is 0 Å². The van der Waals surface area contributed by atoms with Gasteiger partial charge in [0.1, 0.15) is 0 Å². The minimum atomic E-state index is -0.525. The Bertz CT molecular complexity index is 710. The molecular formula is C19H22N2O3. The van der Waals surface area contributed by atoms with Crippen LogP contribution in [0.15, 0.2) is 42.7 Å². The third kappa shape index (κ3) is 2.94. The van der Waals surface area contributed by atoms with Gasteiger partial charge in [0.25, 0.3) is 0 Å². The van der Waals surface area contributed by atoms with E-state index in [2.05, 4.69) is 10.3 Å². The summed E-state index contributed by atoms with van der Waals surface area (Å²) in [6.45, 7) is 0. The first-order valence-electron chi connectivity index (χ1n) is 8.13. The molecule has 1 heterocycles. The summed E-state index contributed by atoms with van der Waals surface area (Å²) in [6, 6.07) is 9.37. The van der Waals surface area contributed by atoms with E-state index < -0.39 is 5.41 Å². The van der Waals surface area contributed by atoms with Crippen LogP contribution in [-0.4, -0.2) is 25.1 Å². The van der Waals surface area contributed by atoms with Crippen LogP contribution in [0.5, 0.6) is 11.5 Å². The molecule has 0 spiro atoms. The predicted molar refractivity (Wildman–Crippen MR) is 92.6 cm³/mol. The van der Waals surface area contributed by atoms with E-state index in [4.69, 9.17) is 9.47 Å². The lowest BCUT2D eigenvalue weighted by Crippen LogP contribution is -2.38. The van der Waals surface area contributed by atoms with Crippen molar-refractivity contribution < 1.29 is 14.3 Å². The van der Waals surface area contributed by atoms with Crippen LogP contribution in [0.4, 0.5) is 5.69 Å². The van der Waals surface area contributed by atoms with Gasteiger partial charge in [-0.15, -0.1) is 0 Å². The third-order valence-corrected chi connectivity index (χ3v) is 4.77. The number of hydrogen-bond donors (Lipinski definition) is 1. The number of benzene rings is 1. The number of rotatable bonds is 5. The number of nitrogens with zero attached hydrogens (tertiary/aromatic N) is 1. The van der Waals surface area contributed by atoms with E-state index >= 15 is 0 Å². The van der Waals surface area contributed by atoms with Crippen molar-refractivity contribution in [1.82, 2.24) is 4.98 Å². The van der Waals surface area contributed by atoms with Gasteiger partial charge in [0.2, 0.25) is 5.91 Å². The minimum absolute atomic E-state index is 0.0263. The predicted octanol–water partition coefficient (Wildman–Crippen LogP) is 3.55. The highest BCUT2D eigenvalue weighted by atomic mass is 16.5. The van der Waals surface area contributed by atoms with Crippen LogP contribution in [0.2, 0.25) is 0 Å². The van der Waals surface area contributed by atoms with Gasteiger partial charge in [0.05, 0.1) is 19.6 Å². The Labute approximate surface area is 142 Å². The van der Waals surface area contributed by atoms with Crippen molar-refractivity contribution in [2.75, 3.05) is 19.5 Å². The molecule has 126 valence electrons. The molecule has 1 aliphatic carbocycles. The average molecular weight is 326 g/mol. The Balaban J connectivity index is 1.95. The Hall–Kier alpha value is -2.56. The molecule has 0 saturated heterocycles. The van der Waals surface area contributed by atoms with Crippen molar-refractivity contribution in [3.05, 3.63) is 48.3 Å². The molecular weight excluding hydrogens is 304 g/mol. The van der Waals surface area contributed by atoms with E-state index in [0.717, 1.165) is 36.9 Å². The lowest BCUT2D eigenvalue weighted by atomic mass is 9.77. The summed E-state index contributed by atoms with van der Waals surface area (Å²) in [5.74, 6) is 1.35. The van der Waals surface area contributed by atoms with Crippen molar-refractivity contribution in [2.45, 2.75) is 31.1 Å². The molecule has 0 bridgehead atoms. The van der Waals surface area contributed by atoms with Crippen LogP contribution in [0.1, 0.15) is 31.2 Å². The monoisotopic (exact) mass is 326 g/mol. The third-order valence-electron chi connectivity index (χ3n) is 4.77. The van der Waals surface area contributed by atoms with E-state index in [9.17, 15) is 4.79 Å². The highest BCUT2D eigenvalue weighted by Gasteiger charge is 2.43. The number of carbonyl (C=O) groups excluding carboxylic acids is 1. The van der Waals surface area contributed by atoms with Gasteiger partial charge >= 0.3 is 0 Å². The number of anilines is 1. The summed E-state index contributed by atoms with van der Waals surface area (Å²) in [5.41, 5.74) is 1.22. The number of pyridine rings is 1. The summed E-state index contributed by atoms with van der Waals surface area (Å²) < 4.78 is 10.7. The maximum Gasteiger partial charge on any atom is 0.235 e. The SMILES string of the molecule is COc1ccc(C2(C(=O)Nc3ccncc3)CCCC2)cc1OC. The molecule has 0 unspecified atom stereocenters. The lowest BCUT2D eigenvalue weighted by Gasteiger charge is -2.29. The summed E-state index contributed by atoms with van der Waals surface area (Å²) >= 11 is 0. The first-order valence-corrected chi connectivity index (χ1v) is 8.13. The second-order valence-electron chi connectivity index (χ2n) is 6.05. The van der Waals surface area contributed by atoms with Crippen molar-refractivity contribution in [1.29, 1.82) is 0 Å². The molecule has 5 heteroatoms. The Morgan fingerprint density at radius 2 is 1.71 bits per heavy atom. The Kier molecular flexibility index (Phi) is 4.69. The van der Waals surface area contributed by atoms with Crippen LogP contribution in [0.3, 0.4) is 0 Å². The molecule has 1 amide bonds. The second kappa shape index (κ2) is 6.91. The molecule has 1 fully saturated rings. The summed E-state index contributed by atoms with van der Waals surface area (Å²) in [7, 11) is 3.22. The lowest BCUT2D eigenvalue weighted by molar-refractivity contribution is -0.121. The summed E-state index contributed by atoms with van der Waals surface area (Å²) in [6.07, 6.45) is 7.09. The van der Waals surface area contributed by atoms with Gasteiger partial charge in [-0.2, -0.15) is 0 Å². The maximum atomic E-state index is 13.1. The first kappa shape index (κ1) is 16.3. The fourth-order valence-corrected chi connectivity index (χ4v) is 3.45. The van der Waals surface area contributed by atoms with Crippen LogP contribution in [-0.2, 0) is 10.2 Å². The zero-order chi connectivity index (χ0) is 17.0. The van der Waals surface area contributed by atoms with Crippen LogP contribution >= 0.6 is 0 Å². The number of ether oxygens (including phenoxy) is 2. The molecule has 1 aromatic carbocycles. The molecule has 1 N–H and O–H groups in total. The number of methoxy groups -OCH3 is 2.